The summed E-state index contributed by atoms with van der Waals surface area (Å²) in [6.07, 6.45) is 5.94. The lowest BCUT2D eigenvalue weighted by Gasteiger charge is -2.31. The first-order valence-electron chi connectivity index (χ1n) is 11.4. The maximum Gasteiger partial charge on any atom is 0.414 e. The van der Waals surface area contributed by atoms with Crippen LogP contribution in [0.2, 0.25) is 0 Å². The van der Waals surface area contributed by atoms with Gasteiger partial charge in [0, 0.05) is 12.7 Å². The Morgan fingerprint density at radius 1 is 1.19 bits per heavy atom. The standard InChI is InChI=1S/C26H36N2O4/c1-7-18(2)20-10-14-23(15-11-20)31-24(29)21(17-27)16-19-8-12-22(13-9-19)28(6)25(30)32-26(3,4)5/h8-9,12-13,16,18,20,23H,7,10-11,14-15H2,1-6H3. The molecule has 1 saturated carbocycles. The highest BCUT2D eigenvalue weighted by Gasteiger charge is 2.27. The number of carbonyl (C=O) groups excluding carboxylic acids is 2. The van der Waals surface area contributed by atoms with Gasteiger partial charge in [0.25, 0.3) is 0 Å². The first-order valence-corrected chi connectivity index (χ1v) is 11.4. The smallest absolute Gasteiger partial charge is 0.414 e. The number of amides is 1. The molecule has 1 atom stereocenters. The van der Waals surface area contributed by atoms with Gasteiger partial charge in [0.1, 0.15) is 23.3 Å². The van der Waals surface area contributed by atoms with Crippen LogP contribution in [0, 0.1) is 23.2 Å². The summed E-state index contributed by atoms with van der Waals surface area (Å²) in [4.78, 5) is 26.2. The summed E-state index contributed by atoms with van der Waals surface area (Å²) in [5, 5.41) is 9.47. The number of hydrogen-bond acceptors (Lipinski definition) is 5. The molecule has 0 heterocycles. The Balaban J connectivity index is 1.98. The second-order valence-electron chi connectivity index (χ2n) is 9.63. The fourth-order valence-electron chi connectivity index (χ4n) is 3.86. The van der Waals surface area contributed by atoms with Crippen LogP contribution < -0.4 is 4.90 Å². The highest BCUT2D eigenvalue weighted by Crippen LogP contribution is 2.33. The number of carbonyl (C=O) groups is 2. The summed E-state index contributed by atoms with van der Waals surface area (Å²) >= 11 is 0. The van der Waals surface area contributed by atoms with Gasteiger partial charge < -0.3 is 9.47 Å². The molecular weight excluding hydrogens is 404 g/mol. The molecule has 0 aliphatic heterocycles. The second kappa shape index (κ2) is 11.2. The van der Waals surface area contributed by atoms with Gasteiger partial charge in [-0.3, -0.25) is 4.90 Å². The normalized spacial score (nSPS) is 20.1. The van der Waals surface area contributed by atoms with E-state index in [1.807, 2.05) is 26.8 Å². The first-order chi connectivity index (χ1) is 15.0. The predicted octanol–water partition coefficient (Wildman–Crippen LogP) is 6.11. The van der Waals surface area contributed by atoms with E-state index in [4.69, 9.17) is 9.47 Å². The molecule has 0 spiro atoms. The van der Waals surface area contributed by atoms with Crippen molar-refractivity contribution in [1.29, 1.82) is 5.26 Å². The number of hydrogen-bond donors (Lipinski definition) is 0. The fraction of sp³-hybridized carbons (Fsp3) is 0.577. The van der Waals surface area contributed by atoms with E-state index in [-0.39, 0.29) is 11.7 Å². The first kappa shape index (κ1) is 25.5. The molecule has 0 bridgehead atoms. The SMILES string of the molecule is CCC(C)C1CCC(OC(=O)C(C#N)=Cc2ccc(N(C)C(=O)OC(C)(C)C)cc2)CC1. The highest BCUT2D eigenvalue weighted by atomic mass is 16.6. The zero-order valence-electron chi connectivity index (χ0n) is 20.2. The van der Waals surface area contributed by atoms with E-state index in [0.29, 0.717) is 23.1 Å². The quantitative estimate of drug-likeness (QED) is 0.303. The van der Waals surface area contributed by atoms with Gasteiger partial charge in [0.15, 0.2) is 0 Å². The number of nitrogens with zero attached hydrogens (tertiary/aromatic N) is 2. The molecule has 1 fully saturated rings. The van der Waals surface area contributed by atoms with Crippen LogP contribution in [-0.4, -0.2) is 30.8 Å². The van der Waals surface area contributed by atoms with Crippen molar-refractivity contribution in [2.75, 3.05) is 11.9 Å². The van der Waals surface area contributed by atoms with Crippen molar-refractivity contribution < 1.29 is 19.1 Å². The van der Waals surface area contributed by atoms with Crippen LogP contribution in [0.5, 0.6) is 0 Å². The average Bonchev–Trinajstić information content (AvgIpc) is 2.76. The predicted molar refractivity (Wildman–Crippen MR) is 126 cm³/mol. The minimum absolute atomic E-state index is 0.0257. The largest absolute Gasteiger partial charge is 0.458 e. The van der Waals surface area contributed by atoms with Crippen molar-refractivity contribution in [3.05, 3.63) is 35.4 Å². The van der Waals surface area contributed by atoms with Crippen molar-refractivity contribution in [2.45, 2.75) is 78.4 Å². The lowest BCUT2D eigenvalue weighted by Crippen LogP contribution is -2.34. The topological polar surface area (TPSA) is 79.6 Å². The number of nitriles is 1. The molecular formula is C26H36N2O4. The van der Waals surface area contributed by atoms with Crippen LogP contribution in [0.1, 0.15) is 72.3 Å². The van der Waals surface area contributed by atoms with E-state index >= 15 is 0 Å². The monoisotopic (exact) mass is 440 g/mol. The maximum atomic E-state index is 12.5. The Kier molecular flexibility index (Phi) is 8.89. The number of esters is 1. The van der Waals surface area contributed by atoms with E-state index in [1.54, 1.807) is 31.3 Å². The minimum Gasteiger partial charge on any atom is -0.458 e. The second-order valence-corrected chi connectivity index (χ2v) is 9.63. The van der Waals surface area contributed by atoms with E-state index in [1.165, 1.54) is 17.4 Å². The van der Waals surface area contributed by atoms with Crippen LogP contribution in [0.15, 0.2) is 29.8 Å². The van der Waals surface area contributed by atoms with Crippen LogP contribution in [0.3, 0.4) is 0 Å². The third-order valence-corrected chi connectivity index (χ3v) is 6.04. The molecule has 6 heteroatoms. The summed E-state index contributed by atoms with van der Waals surface area (Å²) in [5.74, 6) is 0.811. The Hall–Kier alpha value is -2.81. The van der Waals surface area contributed by atoms with Crippen LogP contribution in [-0.2, 0) is 14.3 Å². The molecule has 32 heavy (non-hydrogen) atoms. The van der Waals surface area contributed by atoms with Gasteiger partial charge in [-0.15, -0.1) is 0 Å². The molecule has 0 saturated heterocycles. The number of benzene rings is 1. The highest BCUT2D eigenvalue weighted by molar-refractivity contribution is 5.98. The molecule has 1 amide bonds. The minimum atomic E-state index is -0.580. The van der Waals surface area contributed by atoms with Crippen LogP contribution >= 0.6 is 0 Å². The van der Waals surface area contributed by atoms with Crippen molar-refractivity contribution in [3.63, 3.8) is 0 Å². The molecule has 1 unspecified atom stereocenters. The summed E-state index contributed by atoms with van der Waals surface area (Å²) < 4.78 is 11.0. The number of ether oxygens (including phenoxy) is 2. The molecule has 0 N–H and O–H groups in total. The van der Waals surface area contributed by atoms with Gasteiger partial charge in [0.05, 0.1) is 0 Å². The fourth-order valence-corrected chi connectivity index (χ4v) is 3.86. The Morgan fingerprint density at radius 2 is 1.78 bits per heavy atom. The molecule has 2 rings (SSSR count). The lowest BCUT2D eigenvalue weighted by atomic mass is 9.79. The van der Waals surface area contributed by atoms with Crippen LogP contribution in [0.4, 0.5) is 10.5 Å². The van der Waals surface area contributed by atoms with Gasteiger partial charge in [-0.1, -0.05) is 32.4 Å². The van der Waals surface area contributed by atoms with Crippen molar-refractivity contribution in [1.82, 2.24) is 0 Å². The molecule has 174 valence electrons. The lowest BCUT2D eigenvalue weighted by molar-refractivity contribution is -0.145. The number of rotatable bonds is 6. The van der Waals surface area contributed by atoms with E-state index in [9.17, 15) is 14.9 Å². The van der Waals surface area contributed by atoms with E-state index < -0.39 is 17.7 Å². The molecule has 1 aromatic carbocycles. The van der Waals surface area contributed by atoms with Crippen molar-refractivity contribution in [2.24, 2.45) is 11.8 Å². The zero-order valence-corrected chi connectivity index (χ0v) is 20.2. The van der Waals surface area contributed by atoms with E-state index in [0.717, 1.165) is 25.7 Å². The summed E-state index contributed by atoms with van der Waals surface area (Å²) in [6, 6.07) is 8.94. The third-order valence-electron chi connectivity index (χ3n) is 6.04. The Morgan fingerprint density at radius 3 is 2.28 bits per heavy atom. The Bertz CT molecular complexity index is 853. The molecule has 0 aromatic heterocycles. The zero-order chi connectivity index (χ0) is 23.9. The van der Waals surface area contributed by atoms with Crippen molar-refractivity contribution >= 4 is 23.8 Å². The van der Waals surface area contributed by atoms with E-state index in [2.05, 4.69) is 13.8 Å². The molecule has 0 radical (unpaired) electrons. The van der Waals surface area contributed by atoms with Gasteiger partial charge in [0.2, 0.25) is 0 Å². The summed E-state index contributed by atoms with van der Waals surface area (Å²) in [5.41, 5.74) is 0.724. The summed E-state index contributed by atoms with van der Waals surface area (Å²) in [7, 11) is 1.63. The van der Waals surface area contributed by atoms with Crippen molar-refractivity contribution in [3.8, 4) is 6.07 Å². The third kappa shape index (κ3) is 7.40. The van der Waals surface area contributed by atoms with Gasteiger partial charge >= 0.3 is 12.1 Å². The maximum absolute atomic E-state index is 12.5. The molecule has 1 aliphatic carbocycles. The van der Waals surface area contributed by atoms with Gasteiger partial charge in [-0.2, -0.15) is 5.26 Å². The number of anilines is 1. The molecule has 6 nitrogen and oxygen atoms in total. The molecule has 1 aliphatic rings. The molecule has 1 aromatic rings. The van der Waals surface area contributed by atoms with Gasteiger partial charge in [-0.25, -0.2) is 9.59 Å². The Labute approximate surface area is 192 Å². The van der Waals surface area contributed by atoms with Crippen LogP contribution in [0.25, 0.3) is 6.08 Å². The van der Waals surface area contributed by atoms with Gasteiger partial charge in [-0.05, 0) is 82.1 Å². The summed E-state index contributed by atoms with van der Waals surface area (Å²) in [6.45, 7) is 9.93. The average molecular weight is 441 g/mol.